The van der Waals surface area contributed by atoms with E-state index in [1.807, 2.05) is 0 Å². The molecule has 1 aromatic carbocycles. The maximum Gasteiger partial charge on any atom is 0.439 e. The molecule has 4 nitrogen and oxygen atoms in total. The zero-order valence-corrected chi connectivity index (χ0v) is 11.7. The van der Waals surface area contributed by atoms with Crippen molar-refractivity contribution in [1.82, 2.24) is 4.98 Å². The molecule has 0 aliphatic rings. The van der Waals surface area contributed by atoms with Gasteiger partial charge in [0.05, 0.1) is 0 Å². The minimum absolute atomic E-state index is 0.0885. The molecule has 110 valence electrons. The van der Waals surface area contributed by atoms with Crippen LogP contribution in [-0.2, 0) is 0 Å². The van der Waals surface area contributed by atoms with Crippen molar-refractivity contribution in [3.63, 3.8) is 0 Å². The molecular weight excluding hydrogens is 301 g/mol. The molecule has 0 fully saturated rings. The Morgan fingerprint density at radius 1 is 1.19 bits per heavy atom. The number of nitrogens with zero attached hydrogens (tertiary/aromatic N) is 1. The second kappa shape index (κ2) is 5.72. The monoisotopic (exact) mass is 312 g/mol. The number of nitrogens with one attached hydrogen (secondary N) is 3. The Labute approximate surface area is 122 Å². The van der Waals surface area contributed by atoms with Gasteiger partial charge in [0, 0.05) is 24.2 Å². The number of benzene rings is 1. The molecular formula is C13H11F3N4S. The van der Waals surface area contributed by atoms with Crippen molar-refractivity contribution >= 4 is 38.4 Å². The lowest BCUT2D eigenvalue weighted by atomic mass is 10.1. The van der Waals surface area contributed by atoms with Crippen LogP contribution in [0.25, 0.3) is 10.8 Å². The summed E-state index contributed by atoms with van der Waals surface area (Å²) >= 11 is 0.0885. The van der Waals surface area contributed by atoms with E-state index in [9.17, 15) is 13.2 Å². The van der Waals surface area contributed by atoms with E-state index in [-0.39, 0.29) is 16.8 Å². The highest BCUT2D eigenvalue weighted by atomic mass is 32.2. The summed E-state index contributed by atoms with van der Waals surface area (Å²) in [6, 6.07) is 6.58. The third kappa shape index (κ3) is 3.52. The predicted octanol–water partition coefficient (Wildman–Crippen LogP) is 3.87. The molecule has 0 saturated carbocycles. The van der Waals surface area contributed by atoms with Gasteiger partial charge >= 0.3 is 6.18 Å². The number of aromatic nitrogens is 1. The van der Waals surface area contributed by atoms with Crippen molar-refractivity contribution in [1.29, 1.82) is 10.8 Å². The van der Waals surface area contributed by atoms with Crippen LogP contribution in [0.2, 0.25) is 0 Å². The lowest BCUT2D eigenvalue weighted by Gasteiger charge is -2.09. The SMILES string of the molecule is CNc1cc2cc(C(=N)SC(=N)C(F)(F)F)ccc2cn1. The number of thioether (sulfide) groups is 1. The first-order valence-corrected chi connectivity index (χ1v) is 6.63. The molecule has 0 radical (unpaired) electrons. The van der Waals surface area contributed by atoms with Crippen molar-refractivity contribution in [3.05, 3.63) is 36.0 Å². The van der Waals surface area contributed by atoms with Crippen molar-refractivity contribution in [2.75, 3.05) is 12.4 Å². The quantitative estimate of drug-likeness (QED) is 0.582. The van der Waals surface area contributed by atoms with Crippen molar-refractivity contribution < 1.29 is 13.2 Å². The second-order valence-corrected chi connectivity index (χ2v) is 5.16. The highest BCUT2D eigenvalue weighted by molar-refractivity contribution is 8.27. The molecule has 2 aromatic rings. The minimum atomic E-state index is -4.73. The third-order valence-corrected chi connectivity index (χ3v) is 3.58. The number of pyridine rings is 1. The van der Waals surface area contributed by atoms with E-state index in [4.69, 9.17) is 10.8 Å². The normalized spacial score (nSPS) is 11.4. The molecule has 0 unspecified atom stereocenters. The fraction of sp³-hybridized carbons (Fsp3) is 0.154. The van der Waals surface area contributed by atoms with Gasteiger partial charge in [0.15, 0.2) is 5.04 Å². The summed E-state index contributed by atoms with van der Waals surface area (Å²) in [6.45, 7) is 0. The number of anilines is 1. The van der Waals surface area contributed by atoms with E-state index >= 15 is 0 Å². The van der Waals surface area contributed by atoms with Crippen LogP contribution in [0.3, 0.4) is 0 Å². The topological polar surface area (TPSA) is 72.6 Å². The summed E-state index contributed by atoms with van der Waals surface area (Å²) in [5, 5.41) is 17.3. The standard InChI is InChI=1S/C13H11F3N4S/c1-19-10-5-9-4-7(2-3-8(9)6-20-10)11(17)21-12(18)13(14,15)16/h2-6,17-18H,1H3,(H,19,20). The Kier molecular flexibility index (Phi) is 4.17. The van der Waals surface area contributed by atoms with Crippen LogP contribution in [0.15, 0.2) is 30.5 Å². The maximum absolute atomic E-state index is 12.3. The zero-order valence-electron chi connectivity index (χ0n) is 10.9. The first kappa shape index (κ1) is 15.3. The van der Waals surface area contributed by atoms with Crippen molar-refractivity contribution in [3.8, 4) is 0 Å². The van der Waals surface area contributed by atoms with Crippen molar-refractivity contribution in [2.45, 2.75) is 6.18 Å². The van der Waals surface area contributed by atoms with Crippen LogP contribution >= 0.6 is 11.8 Å². The number of halogens is 3. The lowest BCUT2D eigenvalue weighted by molar-refractivity contribution is -0.0560. The first-order valence-electron chi connectivity index (χ1n) is 5.81. The molecule has 3 N–H and O–H groups in total. The average Bonchev–Trinajstić information content (AvgIpc) is 2.44. The molecule has 0 aliphatic heterocycles. The van der Waals surface area contributed by atoms with E-state index in [1.165, 1.54) is 0 Å². The highest BCUT2D eigenvalue weighted by Gasteiger charge is 2.35. The van der Waals surface area contributed by atoms with Crippen LogP contribution < -0.4 is 5.32 Å². The molecule has 0 bridgehead atoms. The molecule has 1 heterocycles. The van der Waals surface area contributed by atoms with Crippen LogP contribution in [0, 0.1) is 10.8 Å². The second-order valence-electron chi connectivity index (χ2n) is 4.14. The highest BCUT2D eigenvalue weighted by Crippen LogP contribution is 2.27. The van der Waals surface area contributed by atoms with Crippen LogP contribution in [0.1, 0.15) is 5.56 Å². The summed E-state index contributed by atoms with van der Waals surface area (Å²) in [7, 11) is 1.71. The van der Waals surface area contributed by atoms with Gasteiger partial charge in [0.2, 0.25) is 0 Å². The summed E-state index contributed by atoms with van der Waals surface area (Å²) in [5.41, 5.74) is 0.328. The molecule has 0 atom stereocenters. The Balaban J connectivity index is 2.29. The summed E-state index contributed by atoms with van der Waals surface area (Å²) < 4.78 is 37.0. The summed E-state index contributed by atoms with van der Waals surface area (Å²) in [5.74, 6) is 0.627. The maximum atomic E-state index is 12.3. The Bertz CT molecular complexity index is 712. The van der Waals surface area contributed by atoms with Gasteiger partial charge in [-0.25, -0.2) is 4.98 Å². The molecule has 2 rings (SSSR count). The Hall–Kier alpha value is -2.09. The van der Waals surface area contributed by atoms with Gasteiger partial charge in [-0.1, -0.05) is 12.1 Å². The lowest BCUT2D eigenvalue weighted by Crippen LogP contribution is -2.20. The van der Waals surface area contributed by atoms with Gasteiger partial charge in [0.1, 0.15) is 10.9 Å². The number of hydrogen-bond donors (Lipinski definition) is 3. The van der Waals surface area contributed by atoms with Crippen molar-refractivity contribution in [2.24, 2.45) is 0 Å². The molecule has 0 aliphatic carbocycles. The van der Waals surface area contributed by atoms with Gasteiger partial charge in [-0.2, -0.15) is 13.2 Å². The third-order valence-electron chi connectivity index (χ3n) is 2.70. The molecule has 8 heteroatoms. The van der Waals surface area contributed by atoms with E-state index in [0.29, 0.717) is 11.4 Å². The fourth-order valence-corrected chi connectivity index (χ4v) is 2.20. The average molecular weight is 312 g/mol. The van der Waals surface area contributed by atoms with Gasteiger partial charge in [-0.05, 0) is 29.3 Å². The largest absolute Gasteiger partial charge is 0.439 e. The molecule has 1 aromatic heterocycles. The number of hydrogen-bond acceptors (Lipinski definition) is 5. The Morgan fingerprint density at radius 2 is 1.90 bits per heavy atom. The molecule has 0 amide bonds. The Morgan fingerprint density at radius 3 is 2.52 bits per heavy atom. The van der Waals surface area contributed by atoms with E-state index in [0.717, 1.165) is 10.8 Å². The summed E-state index contributed by atoms with van der Waals surface area (Å²) in [6.07, 6.45) is -3.09. The molecule has 0 saturated heterocycles. The van der Waals surface area contributed by atoms with E-state index in [2.05, 4.69) is 10.3 Å². The van der Waals surface area contributed by atoms with E-state index in [1.54, 1.807) is 37.5 Å². The number of fused-ring (bicyclic) bond motifs is 1. The number of rotatable bonds is 2. The van der Waals surface area contributed by atoms with Crippen LogP contribution in [-0.4, -0.2) is 28.3 Å². The predicted molar refractivity (Wildman–Crippen MR) is 79.5 cm³/mol. The molecule has 21 heavy (non-hydrogen) atoms. The van der Waals surface area contributed by atoms with E-state index < -0.39 is 11.2 Å². The minimum Gasteiger partial charge on any atom is -0.373 e. The van der Waals surface area contributed by atoms with Gasteiger partial charge in [-0.3, -0.25) is 10.8 Å². The molecule has 0 spiro atoms. The smallest absolute Gasteiger partial charge is 0.373 e. The summed E-state index contributed by atoms with van der Waals surface area (Å²) in [4.78, 5) is 4.13. The van der Waals surface area contributed by atoms with Gasteiger partial charge in [0.25, 0.3) is 0 Å². The number of alkyl halides is 3. The van der Waals surface area contributed by atoms with Crippen LogP contribution in [0.5, 0.6) is 0 Å². The van der Waals surface area contributed by atoms with Gasteiger partial charge < -0.3 is 5.32 Å². The van der Waals surface area contributed by atoms with Crippen LogP contribution in [0.4, 0.5) is 19.0 Å². The first-order chi connectivity index (χ1) is 9.81. The zero-order chi connectivity index (χ0) is 15.6. The fourth-order valence-electron chi connectivity index (χ4n) is 1.64. The van der Waals surface area contributed by atoms with Gasteiger partial charge in [-0.15, -0.1) is 0 Å².